The molecule has 2 unspecified atom stereocenters. The van der Waals surface area contributed by atoms with Crippen LogP contribution in [0.25, 0.3) is 11.1 Å². The van der Waals surface area contributed by atoms with Crippen molar-refractivity contribution < 1.29 is 9.21 Å². The van der Waals surface area contributed by atoms with Crippen LogP contribution in [0.4, 0.5) is 0 Å². The third-order valence-electron chi connectivity index (χ3n) is 4.66. The predicted molar refractivity (Wildman–Crippen MR) is 69.8 cm³/mol. The highest BCUT2D eigenvalue weighted by atomic mass is 16.3. The van der Waals surface area contributed by atoms with E-state index in [2.05, 4.69) is 10.3 Å². The van der Waals surface area contributed by atoms with Gasteiger partial charge in [-0.1, -0.05) is 6.07 Å². The molecular formula is C14H15N3O2. The molecule has 0 spiro atoms. The lowest BCUT2D eigenvalue weighted by molar-refractivity contribution is 0.100. The molecule has 1 aromatic heterocycles. The Labute approximate surface area is 110 Å². The minimum absolute atomic E-state index is 0.0357. The second-order valence-electron chi connectivity index (χ2n) is 5.56. The number of aromatic nitrogens is 1. The Morgan fingerprint density at radius 2 is 2.42 bits per heavy atom. The molecule has 1 amide bonds. The molecule has 2 heterocycles. The first-order valence-corrected chi connectivity index (χ1v) is 6.61. The van der Waals surface area contributed by atoms with E-state index in [1.807, 2.05) is 6.07 Å². The van der Waals surface area contributed by atoms with Gasteiger partial charge in [-0.2, -0.15) is 0 Å². The van der Waals surface area contributed by atoms with E-state index in [1.54, 1.807) is 12.1 Å². The number of amides is 1. The molecular weight excluding hydrogens is 242 g/mol. The molecule has 2 aromatic rings. The van der Waals surface area contributed by atoms with E-state index >= 15 is 0 Å². The zero-order valence-corrected chi connectivity index (χ0v) is 10.5. The number of fused-ring (bicyclic) bond motifs is 2. The molecule has 5 nitrogen and oxygen atoms in total. The summed E-state index contributed by atoms with van der Waals surface area (Å²) in [6, 6.07) is 5.31. The Morgan fingerprint density at radius 1 is 1.53 bits per heavy atom. The predicted octanol–water partition coefficient (Wildman–Crippen LogP) is 1.18. The lowest BCUT2D eigenvalue weighted by Crippen LogP contribution is -2.43. The minimum Gasteiger partial charge on any atom is -0.440 e. The summed E-state index contributed by atoms with van der Waals surface area (Å²) in [4.78, 5) is 16.0. The van der Waals surface area contributed by atoms with Crippen molar-refractivity contribution >= 4 is 17.0 Å². The summed E-state index contributed by atoms with van der Waals surface area (Å²) in [5.74, 6) is 0.910. The van der Waals surface area contributed by atoms with E-state index in [0.717, 1.165) is 25.4 Å². The molecule has 5 heteroatoms. The van der Waals surface area contributed by atoms with Crippen molar-refractivity contribution in [1.82, 2.24) is 10.3 Å². The maximum atomic E-state index is 11.4. The van der Waals surface area contributed by atoms with E-state index in [1.165, 1.54) is 6.42 Å². The zero-order chi connectivity index (χ0) is 13.0. The molecule has 0 bridgehead atoms. The number of nitrogens with two attached hydrogens (primary N) is 1. The fraction of sp³-hybridized carbons (Fsp3) is 0.429. The van der Waals surface area contributed by atoms with Gasteiger partial charge in [0.1, 0.15) is 5.52 Å². The number of benzene rings is 1. The molecule has 2 fully saturated rings. The van der Waals surface area contributed by atoms with Gasteiger partial charge in [0, 0.05) is 6.54 Å². The highest BCUT2D eigenvalue weighted by Gasteiger charge is 2.54. The molecule has 19 heavy (non-hydrogen) atoms. The SMILES string of the molecule is NC(=O)c1cccc2oc(C34CCC3CNC4)nc12. The maximum absolute atomic E-state index is 11.4. The molecule has 98 valence electrons. The summed E-state index contributed by atoms with van der Waals surface area (Å²) in [5, 5.41) is 3.41. The van der Waals surface area contributed by atoms with Gasteiger partial charge in [-0.15, -0.1) is 0 Å². The molecule has 1 saturated carbocycles. The lowest BCUT2D eigenvalue weighted by atomic mass is 9.62. The van der Waals surface area contributed by atoms with Crippen molar-refractivity contribution in [3.05, 3.63) is 29.7 Å². The van der Waals surface area contributed by atoms with E-state index in [0.29, 0.717) is 22.6 Å². The van der Waals surface area contributed by atoms with Crippen LogP contribution in [0.15, 0.2) is 22.6 Å². The van der Waals surface area contributed by atoms with E-state index < -0.39 is 5.91 Å². The second-order valence-corrected chi connectivity index (χ2v) is 5.56. The molecule has 3 N–H and O–H groups in total. The van der Waals surface area contributed by atoms with Crippen molar-refractivity contribution in [2.45, 2.75) is 18.3 Å². The number of oxazole rings is 1. The third kappa shape index (κ3) is 1.33. The van der Waals surface area contributed by atoms with Crippen molar-refractivity contribution in [2.24, 2.45) is 11.7 Å². The van der Waals surface area contributed by atoms with Crippen LogP contribution in [0, 0.1) is 5.92 Å². The van der Waals surface area contributed by atoms with Crippen molar-refractivity contribution in [1.29, 1.82) is 0 Å². The Kier molecular flexibility index (Phi) is 2.07. The van der Waals surface area contributed by atoms with Gasteiger partial charge in [0.2, 0.25) is 5.89 Å². The summed E-state index contributed by atoms with van der Waals surface area (Å²) in [6.07, 6.45) is 2.32. The fourth-order valence-corrected chi connectivity index (χ4v) is 3.41. The van der Waals surface area contributed by atoms with E-state index in [9.17, 15) is 4.79 Å². The lowest BCUT2D eigenvalue weighted by Gasteiger charge is -2.41. The first kappa shape index (κ1) is 11.0. The van der Waals surface area contributed by atoms with Gasteiger partial charge in [-0.3, -0.25) is 4.79 Å². The van der Waals surface area contributed by atoms with Gasteiger partial charge in [0.25, 0.3) is 5.91 Å². The van der Waals surface area contributed by atoms with Crippen LogP contribution in [0.5, 0.6) is 0 Å². The number of nitrogens with one attached hydrogen (secondary N) is 1. The van der Waals surface area contributed by atoms with E-state index in [4.69, 9.17) is 10.2 Å². The standard InChI is InChI=1S/C14H15N3O2/c15-12(18)9-2-1-3-10-11(9)17-13(19-10)14-5-4-8(14)6-16-7-14/h1-3,8,16H,4-7H2,(H2,15,18). The Morgan fingerprint density at radius 3 is 3.11 bits per heavy atom. The largest absolute Gasteiger partial charge is 0.440 e. The number of hydrogen-bond donors (Lipinski definition) is 2. The summed E-state index contributed by atoms with van der Waals surface area (Å²) < 4.78 is 5.91. The van der Waals surface area contributed by atoms with Crippen LogP contribution in [-0.4, -0.2) is 24.0 Å². The number of carbonyl (C=O) groups excluding carboxylic acids is 1. The molecule has 4 rings (SSSR count). The number of carbonyl (C=O) groups is 1. The quantitative estimate of drug-likeness (QED) is 0.846. The van der Waals surface area contributed by atoms with Crippen molar-refractivity contribution in [2.75, 3.05) is 13.1 Å². The highest BCUT2D eigenvalue weighted by molar-refractivity contribution is 6.03. The zero-order valence-electron chi connectivity index (χ0n) is 10.5. The number of nitrogens with zero attached hydrogens (tertiary/aromatic N) is 1. The summed E-state index contributed by atoms with van der Waals surface area (Å²) >= 11 is 0. The Bertz CT molecular complexity index is 678. The van der Waals surface area contributed by atoms with Gasteiger partial charge in [-0.25, -0.2) is 4.98 Å². The van der Waals surface area contributed by atoms with Gasteiger partial charge in [-0.05, 0) is 37.4 Å². The van der Waals surface area contributed by atoms with Crippen LogP contribution in [0.1, 0.15) is 29.1 Å². The molecule has 2 atom stereocenters. The van der Waals surface area contributed by atoms with Crippen molar-refractivity contribution in [3.63, 3.8) is 0 Å². The Balaban J connectivity index is 1.89. The number of para-hydroxylation sites is 1. The molecule has 1 aliphatic carbocycles. The molecule has 1 saturated heterocycles. The van der Waals surface area contributed by atoms with E-state index in [-0.39, 0.29) is 5.41 Å². The van der Waals surface area contributed by atoms with Gasteiger partial charge in [0.15, 0.2) is 5.58 Å². The third-order valence-corrected chi connectivity index (χ3v) is 4.66. The first-order valence-electron chi connectivity index (χ1n) is 6.61. The van der Waals surface area contributed by atoms with Crippen LogP contribution in [0.2, 0.25) is 0 Å². The number of rotatable bonds is 2. The van der Waals surface area contributed by atoms with Crippen molar-refractivity contribution in [3.8, 4) is 0 Å². The molecule has 1 aliphatic heterocycles. The van der Waals surface area contributed by atoms with Gasteiger partial charge in [0.05, 0.1) is 11.0 Å². The fourth-order valence-electron chi connectivity index (χ4n) is 3.41. The van der Waals surface area contributed by atoms with Crippen LogP contribution in [0.3, 0.4) is 0 Å². The van der Waals surface area contributed by atoms with Crippen LogP contribution < -0.4 is 11.1 Å². The smallest absolute Gasteiger partial charge is 0.251 e. The van der Waals surface area contributed by atoms with Crippen LogP contribution >= 0.6 is 0 Å². The number of primary amides is 1. The summed E-state index contributed by atoms with van der Waals surface area (Å²) in [6.45, 7) is 1.94. The molecule has 1 aromatic carbocycles. The van der Waals surface area contributed by atoms with Crippen LogP contribution in [-0.2, 0) is 5.41 Å². The normalized spacial score (nSPS) is 29.2. The average Bonchev–Trinajstić information content (AvgIpc) is 2.91. The summed E-state index contributed by atoms with van der Waals surface area (Å²) in [7, 11) is 0. The summed E-state index contributed by atoms with van der Waals surface area (Å²) in [5.41, 5.74) is 7.10. The maximum Gasteiger partial charge on any atom is 0.251 e. The Hall–Kier alpha value is -1.88. The monoisotopic (exact) mass is 257 g/mol. The first-order chi connectivity index (χ1) is 9.21. The average molecular weight is 257 g/mol. The molecule has 0 radical (unpaired) electrons. The minimum atomic E-state index is -0.461. The number of hydrogen-bond acceptors (Lipinski definition) is 4. The highest BCUT2D eigenvalue weighted by Crippen LogP contribution is 2.51. The second kappa shape index (κ2) is 3.57. The molecule has 2 aliphatic rings. The van der Waals surface area contributed by atoms with Gasteiger partial charge < -0.3 is 15.5 Å². The van der Waals surface area contributed by atoms with Gasteiger partial charge >= 0.3 is 0 Å². The topological polar surface area (TPSA) is 81.2 Å².